The minimum Gasteiger partial charge on any atom is -0.507 e. The molecule has 29 heavy (non-hydrogen) atoms. The number of hydrogen-bond donors (Lipinski definition) is 2. The summed E-state index contributed by atoms with van der Waals surface area (Å²) in [5, 5.41) is 10.6. The van der Waals surface area contributed by atoms with Crippen molar-refractivity contribution in [1.82, 2.24) is 4.90 Å². The van der Waals surface area contributed by atoms with E-state index in [0.717, 1.165) is 55.6 Å². The lowest BCUT2D eigenvalue weighted by Gasteiger charge is -2.40. The van der Waals surface area contributed by atoms with Crippen LogP contribution in [-0.2, 0) is 11.2 Å². The lowest BCUT2D eigenvalue weighted by molar-refractivity contribution is -0.0641. The molecule has 2 aromatic carbocycles. The Hall–Kier alpha value is -2.14. The molecule has 0 aliphatic carbocycles. The van der Waals surface area contributed by atoms with Crippen LogP contribution in [0.5, 0.6) is 5.75 Å². The van der Waals surface area contributed by atoms with E-state index in [9.17, 15) is 5.11 Å². The minimum absolute atomic E-state index is 0.109. The minimum atomic E-state index is -0.109. The number of benzene rings is 2. The van der Waals surface area contributed by atoms with Gasteiger partial charge in [-0.2, -0.15) is 0 Å². The van der Waals surface area contributed by atoms with E-state index in [2.05, 4.69) is 47.4 Å². The monoisotopic (exact) mass is 392 g/mol. The third-order valence-electron chi connectivity index (χ3n) is 6.46. The number of nitrogens with two attached hydrogens (primary N) is 1. The average Bonchev–Trinajstić information content (AvgIpc) is 2.77. The van der Waals surface area contributed by atoms with Crippen LogP contribution in [-0.4, -0.2) is 42.3 Å². The lowest BCUT2D eigenvalue weighted by atomic mass is 9.83. The maximum atomic E-state index is 10.6. The molecule has 2 heterocycles. The van der Waals surface area contributed by atoms with Gasteiger partial charge in [-0.05, 0) is 55.5 Å². The van der Waals surface area contributed by atoms with Gasteiger partial charge in [-0.3, -0.25) is 4.90 Å². The maximum absolute atomic E-state index is 10.6. The molecule has 2 aromatic rings. The molecule has 0 saturated carbocycles. The van der Waals surface area contributed by atoms with Crippen molar-refractivity contribution >= 4 is 6.08 Å². The molecule has 4 heteroatoms. The number of phenols is 1. The van der Waals surface area contributed by atoms with Crippen molar-refractivity contribution in [1.29, 1.82) is 0 Å². The summed E-state index contributed by atoms with van der Waals surface area (Å²) in [5.41, 5.74) is 10.3. The predicted octanol–water partition coefficient (Wildman–Crippen LogP) is 4.07. The van der Waals surface area contributed by atoms with E-state index in [-0.39, 0.29) is 12.2 Å². The Morgan fingerprint density at radius 3 is 2.62 bits per heavy atom. The van der Waals surface area contributed by atoms with Gasteiger partial charge in [0, 0.05) is 25.1 Å². The molecule has 0 unspecified atom stereocenters. The van der Waals surface area contributed by atoms with Crippen molar-refractivity contribution in [3.8, 4) is 5.75 Å². The van der Waals surface area contributed by atoms with Gasteiger partial charge < -0.3 is 15.6 Å². The Morgan fingerprint density at radius 2 is 1.90 bits per heavy atom. The molecule has 1 fully saturated rings. The number of aromatic hydroxyl groups is 1. The third-order valence-corrected chi connectivity index (χ3v) is 6.46. The van der Waals surface area contributed by atoms with Gasteiger partial charge in [-0.1, -0.05) is 54.6 Å². The van der Waals surface area contributed by atoms with Gasteiger partial charge in [-0.15, -0.1) is 0 Å². The molecule has 4 rings (SSSR count). The summed E-state index contributed by atoms with van der Waals surface area (Å²) in [6.45, 7) is 5.57. The Morgan fingerprint density at radius 1 is 1.14 bits per heavy atom. The highest BCUT2D eigenvalue weighted by Crippen LogP contribution is 2.40. The van der Waals surface area contributed by atoms with Crippen molar-refractivity contribution in [3.63, 3.8) is 0 Å². The summed E-state index contributed by atoms with van der Waals surface area (Å²) >= 11 is 0. The van der Waals surface area contributed by atoms with Gasteiger partial charge in [0.2, 0.25) is 0 Å². The van der Waals surface area contributed by atoms with E-state index in [4.69, 9.17) is 10.5 Å². The molecule has 0 radical (unpaired) electrons. The largest absolute Gasteiger partial charge is 0.507 e. The second-order valence-electron chi connectivity index (χ2n) is 8.35. The number of rotatable bonds is 5. The Balaban J connectivity index is 1.35. The molecule has 154 valence electrons. The highest BCUT2D eigenvalue weighted by molar-refractivity contribution is 5.49. The smallest absolute Gasteiger partial charge is 0.122 e. The molecule has 0 bridgehead atoms. The molecule has 3 N–H and O–H groups in total. The number of hydrogen-bond acceptors (Lipinski definition) is 4. The Kier molecular flexibility index (Phi) is 6.34. The standard InChI is InChI=1S/C25H32N2O2/c1-18-9-10-21-22(25(18)28)16-23(29-24(21)17-26)20-11-14-27(15-12-20)13-5-8-19-6-3-2-4-7-19/h2-10,20,23-24,28H,11-17,26H2,1H3/t23-,24-/m0/s1. The summed E-state index contributed by atoms with van der Waals surface area (Å²) in [6.07, 6.45) is 7.54. The third kappa shape index (κ3) is 4.55. The zero-order valence-corrected chi connectivity index (χ0v) is 17.3. The van der Waals surface area contributed by atoms with Crippen molar-refractivity contribution in [2.24, 2.45) is 11.7 Å². The van der Waals surface area contributed by atoms with Crippen LogP contribution in [0.1, 0.15) is 41.2 Å². The summed E-state index contributed by atoms with van der Waals surface area (Å²) in [7, 11) is 0. The van der Waals surface area contributed by atoms with Gasteiger partial charge in [0.05, 0.1) is 12.2 Å². The fraction of sp³-hybridized carbons (Fsp3) is 0.440. The predicted molar refractivity (Wildman–Crippen MR) is 118 cm³/mol. The van der Waals surface area contributed by atoms with Crippen LogP contribution in [0, 0.1) is 12.8 Å². The Bertz CT molecular complexity index is 841. The average molecular weight is 393 g/mol. The number of ether oxygens (including phenoxy) is 1. The summed E-state index contributed by atoms with van der Waals surface area (Å²) in [4.78, 5) is 2.51. The van der Waals surface area contributed by atoms with E-state index in [1.807, 2.05) is 19.1 Å². The highest BCUT2D eigenvalue weighted by atomic mass is 16.5. The van der Waals surface area contributed by atoms with E-state index < -0.39 is 0 Å². The van der Waals surface area contributed by atoms with E-state index in [0.29, 0.717) is 18.2 Å². The topological polar surface area (TPSA) is 58.7 Å². The number of fused-ring (bicyclic) bond motifs is 1. The van der Waals surface area contributed by atoms with Gasteiger partial charge in [0.25, 0.3) is 0 Å². The lowest BCUT2D eigenvalue weighted by Crippen LogP contribution is -2.42. The molecule has 2 atom stereocenters. The summed E-state index contributed by atoms with van der Waals surface area (Å²) < 4.78 is 6.40. The van der Waals surface area contributed by atoms with Gasteiger partial charge >= 0.3 is 0 Å². The molecule has 1 saturated heterocycles. The first-order chi connectivity index (χ1) is 14.2. The van der Waals surface area contributed by atoms with Crippen molar-refractivity contribution < 1.29 is 9.84 Å². The normalized spacial score (nSPS) is 23.4. The van der Waals surface area contributed by atoms with Gasteiger partial charge in [0.1, 0.15) is 5.75 Å². The zero-order chi connectivity index (χ0) is 20.2. The van der Waals surface area contributed by atoms with Crippen LogP contribution < -0.4 is 5.73 Å². The number of nitrogens with zero attached hydrogens (tertiary/aromatic N) is 1. The number of piperidine rings is 1. The molecule has 2 aliphatic heterocycles. The molecular weight excluding hydrogens is 360 g/mol. The number of aryl methyl sites for hydroxylation is 1. The van der Waals surface area contributed by atoms with E-state index in [1.165, 1.54) is 5.56 Å². The van der Waals surface area contributed by atoms with Crippen LogP contribution in [0.15, 0.2) is 48.5 Å². The molecule has 4 nitrogen and oxygen atoms in total. The van der Waals surface area contributed by atoms with Crippen LogP contribution in [0.3, 0.4) is 0 Å². The van der Waals surface area contributed by atoms with Crippen molar-refractivity contribution in [3.05, 3.63) is 70.8 Å². The van der Waals surface area contributed by atoms with Crippen molar-refractivity contribution in [2.45, 2.75) is 38.4 Å². The van der Waals surface area contributed by atoms with Gasteiger partial charge in [-0.25, -0.2) is 0 Å². The Labute approximate surface area is 174 Å². The first-order valence-electron chi connectivity index (χ1n) is 10.8. The number of likely N-dealkylation sites (tertiary alicyclic amines) is 1. The second kappa shape index (κ2) is 9.12. The van der Waals surface area contributed by atoms with Crippen molar-refractivity contribution in [2.75, 3.05) is 26.2 Å². The molecular formula is C25H32N2O2. The van der Waals surface area contributed by atoms with E-state index >= 15 is 0 Å². The highest BCUT2D eigenvalue weighted by Gasteiger charge is 2.35. The first kappa shape index (κ1) is 20.1. The molecule has 2 aliphatic rings. The number of phenolic OH excluding ortho intramolecular Hbond substituents is 1. The molecule has 0 amide bonds. The molecule has 0 aromatic heterocycles. The van der Waals surface area contributed by atoms with Gasteiger partial charge in [0.15, 0.2) is 0 Å². The van der Waals surface area contributed by atoms with Crippen LogP contribution in [0.25, 0.3) is 6.08 Å². The summed E-state index contributed by atoms with van der Waals surface area (Å²) in [6, 6.07) is 14.5. The van der Waals surface area contributed by atoms with Crippen LogP contribution >= 0.6 is 0 Å². The SMILES string of the molecule is Cc1ccc2c(c1O)C[C@@H](C1CCN(CC=Cc3ccccc3)CC1)O[C@H]2CN. The van der Waals surface area contributed by atoms with Crippen LogP contribution in [0.2, 0.25) is 0 Å². The van der Waals surface area contributed by atoms with Crippen LogP contribution in [0.4, 0.5) is 0 Å². The second-order valence-corrected chi connectivity index (χ2v) is 8.35. The zero-order valence-electron chi connectivity index (χ0n) is 17.3. The van der Waals surface area contributed by atoms with E-state index in [1.54, 1.807) is 0 Å². The first-order valence-corrected chi connectivity index (χ1v) is 10.8. The fourth-order valence-electron chi connectivity index (χ4n) is 4.69. The quantitative estimate of drug-likeness (QED) is 0.805. The fourth-order valence-corrected chi connectivity index (χ4v) is 4.69. The maximum Gasteiger partial charge on any atom is 0.122 e. The summed E-state index contributed by atoms with van der Waals surface area (Å²) in [5.74, 6) is 0.948. The molecule has 0 spiro atoms.